The van der Waals surface area contributed by atoms with Crippen LogP contribution in [-0.2, 0) is 14.3 Å². The number of rotatable bonds is 6. The average molecular weight is 395 g/mol. The number of nitrogens with one attached hydrogen (secondary N) is 1. The molecular weight excluding hydrogens is 370 g/mol. The van der Waals surface area contributed by atoms with E-state index in [1.165, 1.54) is 0 Å². The van der Waals surface area contributed by atoms with Crippen LogP contribution < -0.4 is 15.1 Å². The van der Waals surface area contributed by atoms with Crippen molar-refractivity contribution in [3.05, 3.63) is 54.1 Å². The van der Waals surface area contributed by atoms with Gasteiger partial charge in [-0.05, 0) is 43.3 Å². The highest BCUT2D eigenvalue weighted by Gasteiger charge is 2.35. The Labute approximate surface area is 170 Å². The van der Waals surface area contributed by atoms with Crippen molar-refractivity contribution in [2.75, 3.05) is 42.4 Å². The number of benzene rings is 2. The number of hydrogen-bond donors (Lipinski definition) is 1. The Morgan fingerprint density at radius 1 is 1.14 bits per heavy atom. The summed E-state index contributed by atoms with van der Waals surface area (Å²) in [7, 11) is 3.90. The molecule has 1 saturated heterocycles. The van der Waals surface area contributed by atoms with E-state index in [-0.39, 0.29) is 24.8 Å². The van der Waals surface area contributed by atoms with E-state index in [0.29, 0.717) is 17.8 Å². The SMILES string of the molecule is CCOC(=O)c1ccccc1NC(=O)C1CC(=O)N(c2ccc(N(C)C)cc2)C1. The molecule has 7 heteroatoms. The molecule has 152 valence electrons. The van der Waals surface area contributed by atoms with Gasteiger partial charge in [0.25, 0.3) is 0 Å². The third-order valence-electron chi connectivity index (χ3n) is 4.85. The molecule has 0 saturated carbocycles. The predicted molar refractivity (Wildman–Crippen MR) is 112 cm³/mol. The van der Waals surface area contributed by atoms with E-state index in [9.17, 15) is 14.4 Å². The molecule has 0 aromatic heterocycles. The van der Waals surface area contributed by atoms with Crippen LogP contribution in [0, 0.1) is 5.92 Å². The fourth-order valence-corrected chi connectivity index (χ4v) is 3.28. The standard InChI is InChI=1S/C22H25N3O4/c1-4-29-22(28)18-7-5-6-8-19(18)23-21(27)15-13-20(26)25(14-15)17-11-9-16(10-12-17)24(2)3/h5-12,15H,4,13-14H2,1-3H3,(H,23,27). The van der Waals surface area contributed by atoms with Gasteiger partial charge in [-0.2, -0.15) is 0 Å². The minimum atomic E-state index is -0.494. The second-order valence-corrected chi connectivity index (χ2v) is 7.07. The molecule has 3 rings (SSSR count). The topological polar surface area (TPSA) is 78.9 Å². The molecule has 0 radical (unpaired) electrons. The third kappa shape index (κ3) is 4.56. The molecule has 2 amide bonds. The summed E-state index contributed by atoms with van der Waals surface area (Å²) in [5.74, 6) is -1.37. The summed E-state index contributed by atoms with van der Waals surface area (Å²) in [6, 6.07) is 14.3. The molecule has 1 unspecified atom stereocenters. The molecule has 1 atom stereocenters. The number of para-hydroxylation sites is 1. The van der Waals surface area contributed by atoms with E-state index in [4.69, 9.17) is 4.74 Å². The predicted octanol–water partition coefficient (Wildman–Crippen LogP) is 2.92. The molecule has 0 bridgehead atoms. The fourth-order valence-electron chi connectivity index (χ4n) is 3.28. The maximum atomic E-state index is 12.8. The maximum Gasteiger partial charge on any atom is 0.340 e. The van der Waals surface area contributed by atoms with Gasteiger partial charge in [-0.25, -0.2) is 4.79 Å². The zero-order valence-electron chi connectivity index (χ0n) is 16.8. The zero-order chi connectivity index (χ0) is 21.0. The highest BCUT2D eigenvalue weighted by Crippen LogP contribution is 2.28. The van der Waals surface area contributed by atoms with Crippen molar-refractivity contribution in [2.45, 2.75) is 13.3 Å². The lowest BCUT2D eigenvalue weighted by Gasteiger charge is -2.19. The van der Waals surface area contributed by atoms with Crippen molar-refractivity contribution in [3.63, 3.8) is 0 Å². The Hall–Kier alpha value is -3.35. The molecule has 2 aromatic carbocycles. The average Bonchev–Trinajstić information content (AvgIpc) is 3.10. The number of anilines is 3. The van der Waals surface area contributed by atoms with Crippen molar-refractivity contribution in [2.24, 2.45) is 5.92 Å². The first kappa shape index (κ1) is 20.4. The van der Waals surface area contributed by atoms with Gasteiger partial charge in [0.1, 0.15) is 0 Å². The van der Waals surface area contributed by atoms with Crippen molar-refractivity contribution in [3.8, 4) is 0 Å². The van der Waals surface area contributed by atoms with Crippen LogP contribution in [-0.4, -0.2) is 45.0 Å². The second-order valence-electron chi connectivity index (χ2n) is 7.07. The Balaban J connectivity index is 1.70. The molecular formula is C22H25N3O4. The van der Waals surface area contributed by atoms with Gasteiger partial charge < -0.3 is 19.9 Å². The highest BCUT2D eigenvalue weighted by atomic mass is 16.5. The van der Waals surface area contributed by atoms with E-state index < -0.39 is 11.9 Å². The first-order valence-electron chi connectivity index (χ1n) is 9.55. The molecule has 1 fully saturated rings. The lowest BCUT2D eigenvalue weighted by Crippen LogP contribution is -2.28. The van der Waals surface area contributed by atoms with Gasteiger partial charge in [-0.15, -0.1) is 0 Å². The van der Waals surface area contributed by atoms with Crippen LogP contribution in [0.3, 0.4) is 0 Å². The largest absolute Gasteiger partial charge is 0.462 e. The summed E-state index contributed by atoms with van der Waals surface area (Å²) in [6.07, 6.45) is 0.128. The van der Waals surface area contributed by atoms with Crippen molar-refractivity contribution >= 4 is 34.8 Å². The molecule has 0 spiro atoms. The van der Waals surface area contributed by atoms with Gasteiger partial charge >= 0.3 is 5.97 Å². The number of nitrogens with zero attached hydrogens (tertiary/aromatic N) is 2. The van der Waals surface area contributed by atoms with Gasteiger partial charge in [0.15, 0.2) is 0 Å². The summed E-state index contributed by atoms with van der Waals surface area (Å²) < 4.78 is 5.04. The first-order valence-corrected chi connectivity index (χ1v) is 9.55. The van der Waals surface area contributed by atoms with Gasteiger partial charge in [-0.1, -0.05) is 12.1 Å². The van der Waals surface area contributed by atoms with Crippen LogP contribution in [0.2, 0.25) is 0 Å². The summed E-state index contributed by atoms with van der Waals surface area (Å²) in [5.41, 5.74) is 2.48. The number of amides is 2. The molecule has 0 aliphatic carbocycles. The zero-order valence-corrected chi connectivity index (χ0v) is 16.8. The van der Waals surface area contributed by atoms with Crippen LogP contribution in [0.5, 0.6) is 0 Å². The van der Waals surface area contributed by atoms with E-state index >= 15 is 0 Å². The molecule has 1 N–H and O–H groups in total. The molecule has 29 heavy (non-hydrogen) atoms. The van der Waals surface area contributed by atoms with Crippen molar-refractivity contribution in [1.29, 1.82) is 0 Å². The smallest absolute Gasteiger partial charge is 0.340 e. The van der Waals surface area contributed by atoms with Crippen LogP contribution in [0.1, 0.15) is 23.7 Å². The van der Waals surface area contributed by atoms with Gasteiger partial charge in [0.2, 0.25) is 11.8 Å². The minimum absolute atomic E-state index is 0.0959. The third-order valence-corrected chi connectivity index (χ3v) is 4.85. The normalized spacial score (nSPS) is 15.9. The molecule has 7 nitrogen and oxygen atoms in total. The summed E-state index contributed by atoms with van der Waals surface area (Å²) in [4.78, 5) is 40.9. The van der Waals surface area contributed by atoms with Gasteiger partial charge in [0.05, 0.1) is 23.8 Å². The van der Waals surface area contributed by atoms with Crippen LogP contribution in [0.4, 0.5) is 17.1 Å². The maximum absolute atomic E-state index is 12.8. The fraction of sp³-hybridized carbons (Fsp3) is 0.318. The summed E-state index contributed by atoms with van der Waals surface area (Å²) in [5, 5.41) is 2.78. The number of hydrogen-bond acceptors (Lipinski definition) is 5. The highest BCUT2D eigenvalue weighted by molar-refractivity contribution is 6.06. The van der Waals surface area contributed by atoms with E-state index in [2.05, 4.69) is 5.32 Å². The molecule has 2 aromatic rings. The quantitative estimate of drug-likeness (QED) is 0.761. The number of carbonyl (C=O) groups excluding carboxylic acids is 3. The molecule has 1 aliphatic heterocycles. The number of esters is 1. The number of ether oxygens (including phenoxy) is 1. The summed E-state index contributed by atoms with van der Waals surface area (Å²) in [6.45, 7) is 2.27. The van der Waals surface area contributed by atoms with Gasteiger partial charge in [0, 0.05) is 38.4 Å². The monoisotopic (exact) mass is 395 g/mol. The molecule has 1 aliphatic rings. The second kappa shape index (κ2) is 8.77. The lowest BCUT2D eigenvalue weighted by molar-refractivity contribution is -0.122. The minimum Gasteiger partial charge on any atom is -0.462 e. The van der Waals surface area contributed by atoms with Gasteiger partial charge in [-0.3, -0.25) is 9.59 Å². The Bertz CT molecular complexity index is 909. The van der Waals surface area contributed by atoms with E-state index in [0.717, 1.165) is 11.4 Å². The van der Waals surface area contributed by atoms with Crippen LogP contribution in [0.15, 0.2) is 48.5 Å². The van der Waals surface area contributed by atoms with Crippen molar-refractivity contribution in [1.82, 2.24) is 0 Å². The first-order chi connectivity index (χ1) is 13.9. The Kier molecular flexibility index (Phi) is 6.16. The van der Waals surface area contributed by atoms with Crippen molar-refractivity contribution < 1.29 is 19.1 Å². The molecule has 1 heterocycles. The van der Waals surface area contributed by atoms with Crippen LogP contribution in [0.25, 0.3) is 0 Å². The lowest BCUT2D eigenvalue weighted by atomic mass is 10.1. The Morgan fingerprint density at radius 3 is 2.48 bits per heavy atom. The van der Waals surface area contributed by atoms with Crippen LogP contribution >= 0.6 is 0 Å². The number of carbonyl (C=O) groups is 3. The van der Waals surface area contributed by atoms with E-state index in [1.54, 1.807) is 36.1 Å². The summed E-state index contributed by atoms with van der Waals surface area (Å²) >= 11 is 0. The van der Waals surface area contributed by atoms with E-state index in [1.807, 2.05) is 43.3 Å². The Morgan fingerprint density at radius 2 is 1.83 bits per heavy atom.